The van der Waals surface area contributed by atoms with E-state index in [0.717, 1.165) is 17.4 Å². The van der Waals surface area contributed by atoms with Gasteiger partial charge >= 0.3 is 0 Å². The largest absolute Gasteiger partial charge is 0.495 e. The topological polar surface area (TPSA) is 84.5 Å². The highest BCUT2D eigenvalue weighted by molar-refractivity contribution is 7.90. The molecule has 1 amide bonds. The summed E-state index contributed by atoms with van der Waals surface area (Å²) in [6.07, 6.45) is 1.14. The molecule has 2 aromatic carbocycles. The van der Waals surface area contributed by atoms with Crippen molar-refractivity contribution in [2.24, 2.45) is 0 Å². The first kappa shape index (κ1) is 20.1. The molecule has 0 saturated carbocycles. The molecule has 2 N–H and O–H groups in total. The molecule has 0 bridgehead atoms. The number of hydrogen-bond donors (Lipinski definition) is 2. The number of rotatable bonds is 6. The maximum absolute atomic E-state index is 12.3. The molecular formula is C18H21ClN2O4S. The second kappa shape index (κ2) is 7.97. The van der Waals surface area contributed by atoms with Crippen molar-refractivity contribution in [2.75, 3.05) is 30.5 Å². The summed E-state index contributed by atoms with van der Waals surface area (Å²) in [5.41, 5.74) is 2.75. The number of hydrogen-bond acceptors (Lipinski definition) is 5. The normalized spacial score (nSPS) is 11.1. The minimum absolute atomic E-state index is 0.0289. The number of aryl methyl sites for hydroxylation is 2. The van der Waals surface area contributed by atoms with Crippen molar-refractivity contribution in [3.8, 4) is 5.75 Å². The van der Waals surface area contributed by atoms with Crippen LogP contribution in [0.15, 0.2) is 35.2 Å². The second-order valence-electron chi connectivity index (χ2n) is 5.95. The summed E-state index contributed by atoms with van der Waals surface area (Å²) in [6, 6.07) is 8.12. The molecule has 0 unspecified atom stereocenters. The maximum Gasteiger partial charge on any atom is 0.243 e. The molecular weight excluding hydrogens is 376 g/mol. The Labute approximate surface area is 158 Å². The molecule has 0 spiro atoms. The van der Waals surface area contributed by atoms with E-state index >= 15 is 0 Å². The summed E-state index contributed by atoms with van der Waals surface area (Å²) in [4.78, 5) is 12.5. The first-order chi connectivity index (χ1) is 12.1. The van der Waals surface area contributed by atoms with Gasteiger partial charge in [0.2, 0.25) is 5.91 Å². The standard InChI is InChI=1S/C18H21ClN2O4S/c1-11-5-6-13(26(4,23)24)8-15(11)20-10-18(22)21-16-7-12(2)14(19)9-17(16)25-3/h5-9,20H,10H2,1-4H3,(H,21,22). The van der Waals surface area contributed by atoms with E-state index in [1.807, 2.05) is 13.8 Å². The highest BCUT2D eigenvalue weighted by Gasteiger charge is 2.12. The van der Waals surface area contributed by atoms with Crippen LogP contribution in [0.1, 0.15) is 11.1 Å². The van der Waals surface area contributed by atoms with Crippen LogP contribution in [0.2, 0.25) is 5.02 Å². The third kappa shape index (κ3) is 4.89. The molecule has 0 saturated heterocycles. The molecule has 0 aliphatic heterocycles. The molecule has 2 aromatic rings. The van der Waals surface area contributed by atoms with E-state index in [2.05, 4.69) is 10.6 Å². The number of carbonyl (C=O) groups is 1. The lowest BCUT2D eigenvalue weighted by Gasteiger charge is -2.14. The fourth-order valence-corrected chi connectivity index (χ4v) is 3.12. The van der Waals surface area contributed by atoms with E-state index in [4.69, 9.17) is 16.3 Å². The highest BCUT2D eigenvalue weighted by atomic mass is 35.5. The summed E-state index contributed by atoms with van der Waals surface area (Å²) in [5.74, 6) is 0.165. The van der Waals surface area contributed by atoms with Crippen molar-refractivity contribution in [2.45, 2.75) is 18.7 Å². The van der Waals surface area contributed by atoms with Gasteiger partial charge in [0.25, 0.3) is 0 Å². The molecule has 0 radical (unpaired) electrons. The number of ether oxygens (including phenoxy) is 1. The molecule has 140 valence electrons. The van der Waals surface area contributed by atoms with Crippen molar-refractivity contribution in [1.29, 1.82) is 0 Å². The van der Waals surface area contributed by atoms with Gasteiger partial charge in [0.1, 0.15) is 5.75 Å². The quantitative estimate of drug-likeness (QED) is 0.781. The monoisotopic (exact) mass is 396 g/mol. The van der Waals surface area contributed by atoms with Gasteiger partial charge in [-0.1, -0.05) is 17.7 Å². The predicted octanol–water partition coefficient (Wildman–Crippen LogP) is 3.42. The zero-order valence-corrected chi connectivity index (χ0v) is 16.6. The zero-order valence-electron chi connectivity index (χ0n) is 15.0. The molecule has 0 aliphatic carbocycles. The molecule has 0 atom stereocenters. The van der Waals surface area contributed by atoms with Crippen molar-refractivity contribution in [3.05, 3.63) is 46.5 Å². The zero-order chi connectivity index (χ0) is 19.5. The SMILES string of the molecule is COc1cc(Cl)c(C)cc1NC(=O)CNc1cc(S(C)(=O)=O)ccc1C. The van der Waals surface area contributed by atoms with Crippen molar-refractivity contribution in [1.82, 2.24) is 0 Å². The first-order valence-electron chi connectivity index (χ1n) is 7.80. The smallest absolute Gasteiger partial charge is 0.243 e. The van der Waals surface area contributed by atoms with Gasteiger partial charge in [-0.05, 0) is 43.2 Å². The van der Waals surface area contributed by atoms with Crippen LogP contribution in [0.4, 0.5) is 11.4 Å². The average Bonchev–Trinajstić information content (AvgIpc) is 2.56. The van der Waals surface area contributed by atoms with E-state index in [-0.39, 0.29) is 17.3 Å². The summed E-state index contributed by atoms with van der Waals surface area (Å²) >= 11 is 6.06. The lowest BCUT2D eigenvalue weighted by Crippen LogP contribution is -2.22. The van der Waals surface area contributed by atoms with Crippen LogP contribution in [-0.2, 0) is 14.6 Å². The van der Waals surface area contributed by atoms with Crippen LogP contribution in [0.5, 0.6) is 5.75 Å². The van der Waals surface area contributed by atoms with Crippen LogP contribution in [-0.4, -0.2) is 34.2 Å². The third-order valence-corrected chi connectivity index (χ3v) is 5.35. The van der Waals surface area contributed by atoms with Gasteiger partial charge in [0, 0.05) is 23.0 Å². The Kier molecular flexibility index (Phi) is 6.15. The van der Waals surface area contributed by atoms with Crippen LogP contribution in [0, 0.1) is 13.8 Å². The summed E-state index contributed by atoms with van der Waals surface area (Å²) in [7, 11) is -1.82. The Hall–Kier alpha value is -2.25. The first-order valence-corrected chi connectivity index (χ1v) is 10.1. The van der Waals surface area contributed by atoms with E-state index in [1.165, 1.54) is 19.2 Å². The van der Waals surface area contributed by atoms with Gasteiger partial charge in [-0.3, -0.25) is 4.79 Å². The Morgan fingerprint density at radius 2 is 1.81 bits per heavy atom. The molecule has 8 heteroatoms. The van der Waals surface area contributed by atoms with Crippen molar-refractivity contribution < 1.29 is 17.9 Å². The van der Waals surface area contributed by atoms with Crippen molar-refractivity contribution in [3.63, 3.8) is 0 Å². The van der Waals surface area contributed by atoms with E-state index in [0.29, 0.717) is 22.1 Å². The fourth-order valence-electron chi connectivity index (χ4n) is 2.32. The summed E-state index contributed by atoms with van der Waals surface area (Å²) < 4.78 is 28.6. The Morgan fingerprint density at radius 1 is 1.12 bits per heavy atom. The Bertz CT molecular complexity index is 942. The molecule has 2 rings (SSSR count). The molecule has 0 aromatic heterocycles. The minimum Gasteiger partial charge on any atom is -0.495 e. The maximum atomic E-state index is 12.3. The molecule has 0 heterocycles. The lowest BCUT2D eigenvalue weighted by atomic mass is 10.2. The van der Waals surface area contributed by atoms with E-state index in [1.54, 1.807) is 18.2 Å². The second-order valence-corrected chi connectivity index (χ2v) is 8.38. The van der Waals surface area contributed by atoms with Gasteiger partial charge < -0.3 is 15.4 Å². The van der Waals surface area contributed by atoms with E-state index < -0.39 is 9.84 Å². The number of methoxy groups -OCH3 is 1. The number of amides is 1. The Balaban J connectivity index is 2.12. The number of sulfone groups is 1. The van der Waals surface area contributed by atoms with Gasteiger partial charge in [0.15, 0.2) is 9.84 Å². The predicted molar refractivity (Wildman–Crippen MR) is 104 cm³/mol. The number of anilines is 2. The minimum atomic E-state index is -3.32. The Morgan fingerprint density at radius 3 is 2.42 bits per heavy atom. The number of benzene rings is 2. The van der Waals surface area contributed by atoms with Crippen LogP contribution >= 0.6 is 11.6 Å². The van der Waals surface area contributed by atoms with Gasteiger partial charge in [-0.15, -0.1) is 0 Å². The molecule has 26 heavy (non-hydrogen) atoms. The molecule has 6 nitrogen and oxygen atoms in total. The molecule has 0 fully saturated rings. The average molecular weight is 397 g/mol. The summed E-state index contributed by atoms with van der Waals surface area (Å²) in [5, 5.41) is 6.27. The van der Waals surface area contributed by atoms with Crippen LogP contribution in [0.25, 0.3) is 0 Å². The van der Waals surface area contributed by atoms with Crippen molar-refractivity contribution >= 4 is 38.7 Å². The summed E-state index contributed by atoms with van der Waals surface area (Å²) in [6.45, 7) is 3.63. The number of nitrogens with one attached hydrogen (secondary N) is 2. The van der Waals surface area contributed by atoms with Gasteiger partial charge in [0.05, 0.1) is 24.2 Å². The number of carbonyl (C=O) groups excluding carboxylic acids is 1. The lowest BCUT2D eigenvalue weighted by molar-refractivity contribution is -0.114. The van der Waals surface area contributed by atoms with E-state index in [9.17, 15) is 13.2 Å². The fraction of sp³-hybridized carbons (Fsp3) is 0.278. The van der Waals surface area contributed by atoms with Crippen LogP contribution in [0.3, 0.4) is 0 Å². The third-order valence-electron chi connectivity index (χ3n) is 3.83. The van der Waals surface area contributed by atoms with Gasteiger partial charge in [-0.25, -0.2) is 8.42 Å². The van der Waals surface area contributed by atoms with Gasteiger partial charge in [-0.2, -0.15) is 0 Å². The highest BCUT2D eigenvalue weighted by Crippen LogP contribution is 2.31. The number of halogens is 1. The van der Waals surface area contributed by atoms with Crippen LogP contribution < -0.4 is 15.4 Å². The molecule has 0 aliphatic rings.